The van der Waals surface area contributed by atoms with Gasteiger partial charge in [-0.2, -0.15) is 0 Å². The number of hydrogen-bond acceptors (Lipinski definition) is 0. The zero-order valence-corrected chi connectivity index (χ0v) is 19.3. The van der Waals surface area contributed by atoms with E-state index in [1.165, 1.54) is 22.3 Å². The summed E-state index contributed by atoms with van der Waals surface area (Å²) in [5, 5.41) is 0. The van der Waals surface area contributed by atoms with Crippen molar-refractivity contribution in [2.24, 2.45) is 16.2 Å². The number of benzene rings is 1. The van der Waals surface area contributed by atoms with E-state index in [1.807, 2.05) is 6.07 Å². The van der Waals surface area contributed by atoms with Gasteiger partial charge in [-0.05, 0) is 10.8 Å². The molecule has 0 saturated carbocycles. The minimum absolute atomic E-state index is 0. The van der Waals surface area contributed by atoms with Crippen molar-refractivity contribution < 1.29 is 51.0 Å². The Morgan fingerprint density at radius 1 is 0.958 bits per heavy atom. The van der Waals surface area contributed by atoms with E-state index in [2.05, 4.69) is 84.0 Å². The molecule has 0 unspecified atom stereocenters. The van der Waals surface area contributed by atoms with Gasteiger partial charge in [0.05, 0.1) is 0 Å². The van der Waals surface area contributed by atoms with Crippen molar-refractivity contribution >= 4 is 11.6 Å². The number of halogens is 2. The average molecular weight is 440 g/mol. The van der Waals surface area contributed by atoms with Crippen LogP contribution in [0.3, 0.4) is 0 Å². The van der Waals surface area contributed by atoms with Crippen LogP contribution in [-0.4, -0.2) is 0 Å². The van der Waals surface area contributed by atoms with Gasteiger partial charge >= 0.3 is 26.2 Å². The van der Waals surface area contributed by atoms with Gasteiger partial charge in [0.25, 0.3) is 0 Å². The minimum Gasteiger partial charge on any atom is -1.00 e. The van der Waals surface area contributed by atoms with Crippen LogP contribution in [-0.2, 0) is 26.2 Å². The van der Waals surface area contributed by atoms with Crippen LogP contribution in [0.4, 0.5) is 0 Å². The van der Waals surface area contributed by atoms with E-state index in [9.17, 15) is 0 Å². The third kappa shape index (κ3) is 3.55. The summed E-state index contributed by atoms with van der Waals surface area (Å²) in [5.41, 5.74) is 5.65. The van der Waals surface area contributed by atoms with E-state index < -0.39 is 0 Å². The third-order valence-electron chi connectivity index (χ3n) is 5.17. The maximum Gasteiger partial charge on any atom is 3.00 e. The maximum atomic E-state index is 3.36. The largest absolute Gasteiger partial charge is 3.00 e. The Kier molecular flexibility index (Phi) is 7.62. The molecular formula is C21H25Cl2Zr. The van der Waals surface area contributed by atoms with Gasteiger partial charge in [-0.15, -0.1) is 41.5 Å². The van der Waals surface area contributed by atoms with Gasteiger partial charge in [0, 0.05) is 5.41 Å². The van der Waals surface area contributed by atoms with Gasteiger partial charge in [-0.3, -0.25) is 0 Å². The van der Waals surface area contributed by atoms with Gasteiger partial charge in [-0.25, -0.2) is 0 Å². The Balaban J connectivity index is 0.00000176. The summed E-state index contributed by atoms with van der Waals surface area (Å²) in [7, 11) is 0. The zero-order chi connectivity index (χ0) is 15.5. The first-order chi connectivity index (χ1) is 9.66. The van der Waals surface area contributed by atoms with Crippen LogP contribution >= 0.6 is 0 Å². The van der Waals surface area contributed by atoms with Crippen LogP contribution in [0.1, 0.15) is 52.7 Å². The first-order valence-electron chi connectivity index (χ1n) is 7.81. The summed E-state index contributed by atoms with van der Waals surface area (Å²) in [4.78, 5) is 0. The Morgan fingerprint density at radius 3 is 2.08 bits per heavy atom. The molecule has 127 valence electrons. The van der Waals surface area contributed by atoms with E-state index in [0.717, 1.165) is 0 Å². The maximum absolute atomic E-state index is 3.36. The second-order valence-electron chi connectivity index (χ2n) is 8.36. The van der Waals surface area contributed by atoms with E-state index in [1.54, 1.807) is 0 Å². The molecule has 1 aromatic rings. The predicted octanol–water partition coefficient (Wildman–Crippen LogP) is -0.0789. The molecule has 3 heteroatoms. The molecule has 24 heavy (non-hydrogen) atoms. The number of allylic oxidation sites excluding steroid dienone is 5. The smallest absolute Gasteiger partial charge is 1.00 e. The van der Waals surface area contributed by atoms with Crippen molar-refractivity contribution in [2.75, 3.05) is 0 Å². The van der Waals surface area contributed by atoms with Gasteiger partial charge in [0.15, 0.2) is 0 Å². The van der Waals surface area contributed by atoms with Crippen LogP contribution in [0.2, 0.25) is 0 Å². The van der Waals surface area contributed by atoms with Gasteiger partial charge in [-0.1, -0.05) is 70.9 Å². The molecule has 0 aromatic heterocycles. The van der Waals surface area contributed by atoms with Gasteiger partial charge in [0.1, 0.15) is 0 Å². The molecular weight excluding hydrogens is 414 g/mol. The first kappa shape index (κ1) is 23.9. The predicted molar refractivity (Wildman–Crippen MR) is 91.7 cm³/mol. The van der Waals surface area contributed by atoms with Crippen LogP contribution < -0.4 is 24.8 Å². The Morgan fingerprint density at radius 2 is 1.54 bits per heavy atom. The molecule has 0 heterocycles. The molecule has 3 rings (SSSR count). The number of rotatable bonds is 0. The molecule has 0 bridgehead atoms. The zero-order valence-electron chi connectivity index (χ0n) is 15.3. The van der Waals surface area contributed by atoms with E-state index in [4.69, 9.17) is 0 Å². The summed E-state index contributed by atoms with van der Waals surface area (Å²) in [6.07, 6.45) is 9.51. The Bertz CT molecular complexity index is 669. The summed E-state index contributed by atoms with van der Waals surface area (Å²) in [5.74, 6) is 0. The molecule has 0 aliphatic heterocycles. The van der Waals surface area contributed by atoms with E-state index in [-0.39, 0.29) is 67.3 Å². The quantitative estimate of drug-likeness (QED) is 0.497. The second-order valence-corrected chi connectivity index (χ2v) is 8.36. The van der Waals surface area contributed by atoms with Crippen molar-refractivity contribution in [2.45, 2.75) is 41.5 Å². The second kappa shape index (κ2) is 7.65. The molecule has 0 atom stereocenters. The first-order valence-corrected chi connectivity index (χ1v) is 7.81. The number of fused-ring (bicyclic) bond motifs is 3. The molecule has 0 amide bonds. The van der Waals surface area contributed by atoms with Crippen molar-refractivity contribution in [3.63, 3.8) is 0 Å². The van der Waals surface area contributed by atoms with Gasteiger partial charge < -0.3 is 24.8 Å². The third-order valence-corrected chi connectivity index (χ3v) is 5.17. The SMILES string of the molecule is CC(C)(C)C1(C(C)(C)C)C=CC2=Cc3[c-]cccc3C2=C1.[Cl-].[Cl-].[Zr+3]. The van der Waals surface area contributed by atoms with Crippen LogP contribution in [0, 0.1) is 22.3 Å². The summed E-state index contributed by atoms with van der Waals surface area (Å²) in [6, 6.07) is 9.66. The summed E-state index contributed by atoms with van der Waals surface area (Å²) < 4.78 is 0. The normalized spacial score (nSPS) is 17.2. The molecule has 0 N–H and O–H groups in total. The fourth-order valence-corrected chi connectivity index (χ4v) is 4.05. The molecule has 0 fully saturated rings. The monoisotopic (exact) mass is 437 g/mol. The standard InChI is InChI=1S/C21H25.2ClH.Zr/c1-19(2,3)21(20(4,5)6)12-11-16-13-15-9-7-8-10-17(15)18(16)14-21;;;/h7-8,10-14H,1-6H3;2*1H;/q-1;;;+3/p-2. The van der Waals surface area contributed by atoms with Gasteiger partial charge in [0.2, 0.25) is 0 Å². The molecule has 2 aliphatic carbocycles. The van der Waals surface area contributed by atoms with Crippen LogP contribution in [0.25, 0.3) is 11.6 Å². The molecule has 1 radical (unpaired) electrons. The fraction of sp³-hybridized carbons (Fsp3) is 0.429. The van der Waals surface area contributed by atoms with E-state index >= 15 is 0 Å². The van der Waals surface area contributed by atoms with E-state index in [0.29, 0.717) is 0 Å². The van der Waals surface area contributed by atoms with Crippen molar-refractivity contribution in [1.29, 1.82) is 0 Å². The Hall–Kier alpha value is -0.0969. The Labute approximate surface area is 178 Å². The van der Waals surface area contributed by atoms with Crippen LogP contribution in [0.5, 0.6) is 0 Å². The van der Waals surface area contributed by atoms with Crippen molar-refractivity contribution in [3.05, 3.63) is 59.2 Å². The molecule has 0 spiro atoms. The number of hydrogen-bond donors (Lipinski definition) is 0. The molecule has 2 aliphatic rings. The average Bonchev–Trinajstić information content (AvgIpc) is 2.73. The molecule has 0 saturated heterocycles. The summed E-state index contributed by atoms with van der Waals surface area (Å²) >= 11 is 0. The molecule has 1 aromatic carbocycles. The fourth-order valence-electron chi connectivity index (χ4n) is 4.05. The van der Waals surface area contributed by atoms with Crippen molar-refractivity contribution in [1.82, 2.24) is 0 Å². The van der Waals surface area contributed by atoms with Crippen molar-refractivity contribution in [3.8, 4) is 0 Å². The van der Waals surface area contributed by atoms with Crippen LogP contribution in [0.15, 0.2) is 42.0 Å². The molecule has 0 nitrogen and oxygen atoms in total. The topological polar surface area (TPSA) is 0 Å². The summed E-state index contributed by atoms with van der Waals surface area (Å²) in [6.45, 7) is 14.1. The minimum atomic E-state index is 0.